The molecule has 3 aromatic carbocycles. The van der Waals surface area contributed by atoms with Crippen LogP contribution in [0.25, 0.3) is 5.57 Å². The van der Waals surface area contributed by atoms with E-state index in [2.05, 4.69) is 74.5 Å². The molecule has 3 aliphatic rings. The van der Waals surface area contributed by atoms with Crippen molar-refractivity contribution in [2.24, 2.45) is 23.7 Å². The second-order valence-electron chi connectivity index (χ2n) is 10.1. The van der Waals surface area contributed by atoms with E-state index in [1.807, 2.05) is 0 Å². The van der Waals surface area contributed by atoms with Crippen molar-refractivity contribution in [1.82, 2.24) is 0 Å². The Morgan fingerprint density at radius 2 is 1.16 bits per heavy atom. The van der Waals surface area contributed by atoms with Crippen molar-refractivity contribution in [2.75, 3.05) is 4.90 Å². The molecule has 6 rings (SSSR count). The van der Waals surface area contributed by atoms with Crippen molar-refractivity contribution >= 4 is 29.0 Å². The van der Waals surface area contributed by atoms with Crippen LogP contribution in [0.5, 0.6) is 5.75 Å². The van der Waals surface area contributed by atoms with Crippen molar-refractivity contribution in [3.8, 4) is 5.75 Å². The minimum atomic E-state index is -0.421. The van der Waals surface area contributed by atoms with Crippen LogP contribution in [0.4, 0.5) is 5.69 Å². The normalized spacial score (nSPS) is 23.5. The van der Waals surface area contributed by atoms with Crippen molar-refractivity contribution in [2.45, 2.75) is 20.8 Å². The third-order valence-electron chi connectivity index (χ3n) is 7.74. The number of anilines is 1. The number of aryl methyl sites for hydroxylation is 2. The zero-order chi connectivity index (χ0) is 25.8. The van der Waals surface area contributed by atoms with Gasteiger partial charge in [-0.2, -0.15) is 0 Å². The molecule has 1 aliphatic heterocycles. The standard InChI is InChI=1S/C32H27NO4/c1-18-4-8-21(9-5-18)27(22-10-6-19(2)7-11-22)28-25-16-17-26(28)30-29(25)31(35)33(32(30)36)23-12-14-24(15-13-23)37-20(3)34/h4-17,25-26,29-30H,1-3H3/t25-,26-,29-,30-/m0/s1. The maximum Gasteiger partial charge on any atom is 0.308 e. The third-order valence-corrected chi connectivity index (χ3v) is 7.74. The van der Waals surface area contributed by atoms with Gasteiger partial charge in [-0.25, -0.2) is 4.90 Å². The number of rotatable bonds is 4. The monoisotopic (exact) mass is 489 g/mol. The van der Waals surface area contributed by atoms with Crippen molar-refractivity contribution in [3.05, 3.63) is 113 Å². The van der Waals surface area contributed by atoms with Gasteiger partial charge in [0, 0.05) is 18.8 Å². The summed E-state index contributed by atoms with van der Waals surface area (Å²) in [5.74, 6) is -1.48. The smallest absolute Gasteiger partial charge is 0.308 e. The maximum absolute atomic E-state index is 13.7. The first-order valence-electron chi connectivity index (χ1n) is 12.6. The molecule has 2 fully saturated rings. The van der Waals surface area contributed by atoms with Crippen LogP contribution in [0.1, 0.15) is 29.2 Å². The van der Waals surface area contributed by atoms with Gasteiger partial charge in [0.05, 0.1) is 17.5 Å². The van der Waals surface area contributed by atoms with Gasteiger partial charge in [0.15, 0.2) is 0 Å². The number of carbonyl (C=O) groups excluding carboxylic acids is 3. The lowest BCUT2D eigenvalue weighted by Gasteiger charge is -2.22. The predicted octanol–water partition coefficient (Wildman–Crippen LogP) is 5.65. The first-order valence-corrected chi connectivity index (χ1v) is 12.6. The summed E-state index contributed by atoms with van der Waals surface area (Å²) in [5.41, 5.74) is 7.34. The molecule has 0 radical (unpaired) electrons. The molecule has 2 aliphatic carbocycles. The lowest BCUT2D eigenvalue weighted by Crippen LogP contribution is -2.33. The van der Waals surface area contributed by atoms with E-state index in [1.165, 1.54) is 23.0 Å². The highest BCUT2D eigenvalue weighted by Gasteiger charge is 2.62. The van der Waals surface area contributed by atoms with Crippen LogP contribution in [0, 0.1) is 37.5 Å². The zero-order valence-electron chi connectivity index (χ0n) is 21.0. The van der Waals surface area contributed by atoms with Crippen LogP contribution in [0.2, 0.25) is 0 Å². The Morgan fingerprint density at radius 3 is 1.59 bits per heavy atom. The van der Waals surface area contributed by atoms with E-state index in [0.717, 1.165) is 22.3 Å². The Morgan fingerprint density at radius 1 is 0.703 bits per heavy atom. The fourth-order valence-corrected chi connectivity index (χ4v) is 6.12. The number of ether oxygens (including phenoxy) is 1. The Hall–Kier alpha value is -4.25. The minimum Gasteiger partial charge on any atom is -0.427 e. The molecule has 2 bridgehead atoms. The molecule has 5 nitrogen and oxygen atoms in total. The second kappa shape index (κ2) is 8.70. The highest BCUT2D eigenvalue weighted by molar-refractivity contribution is 6.23. The molecule has 1 saturated carbocycles. The molecule has 1 heterocycles. The summed E-state index contributed by atoms with van der Waals surface area (Å²) >= 11 is 0. The zero-order valence-corrected chi connectivity index (χ0v) is 21.0. The van der Waals surface area contributed by atoms with Gasteiger partial charge in [0.1, 0.15) is 5.75 Å². The molecule has 3 aromatic rings. The van der Waals surface area contributed by atoms with E-state index in [-0.39, 0.29) is 23.7 Å². The van der Waals surface area contributed by atoms with Crippen LogP contribution in [-0.4, -0.2) is 17.8 Å². The minimum absolute atomic E-state index is 0.130. The summed E-state index contributed by atoms with van der Waals surface area (Å²) in [6.45, 7) is 5.47. The number of hydrogen-bond acceptors (Lipinski definition) is 4. The van der Waals surface area contributed by atoms with Crippen molar-refractivity contribution < 1.29 is 19.1 Å². The number of benzene rings is 3. The van der Waals surface area contributed by atoms with Gasteiger partial charge in [-0.1, -0.05) is 71.8 Å². The van der Waals surface area contributed by atoms with Crippen LogP contribution < -0.4 is 9.64 Å². The first kappa shape index (κ1) is 23.2. The van der Waals surface area contributed by atoms with Crippen molar-refractivity contribution in [3.63, 3.8) is 0 Å². The molecule has 184 valence electrons. The fraction of sp³-hybridized carbons (Fsp3) is 0.219. The number of hydrogen-bond donors (Lipinski definition) is 0. The van der Waals surface area contributed by atoms with E-state index < -0.39 is 17.8 Å². The predicted molar refractivity (Wildman–Crippen MR) is 142 cm³/mol. The average Bonchev–Trinajstić information content (AvgIpc) is 3.51. The van der Waals surface area contributed by atoms with E-state index in [0.29, 0.717) is 11.4 Å². The molecule has 0 aromatic heterocycles. The third kappa shape index (κ3) is 3.73. The number of fused-ring (bicyclic) bond motifs is 5. The average molecular weight is 490 g/mol. The van der Waals surface area contributed by atoms with Crippen molar-refractivity contribution in [1.29, 1.82) is 0 Å². The largest absolute Gasteiger partial charge is 0.427 e. The van der Waals surface area contributed by atoms with Gasteiger partial charge >= 0.3 is 5.97 Å². The maximum atomic E-state index is 13.7. The topological polar surface area (TPSA) is 63.7 Å². The number of nitrogens with zero attached hydrogens (tertiary/aromatic N) is 1. The number of carbonyl (C=O) groups is 3. The Balaban J connectivity index is 1.41. The van der Waals surface area contributed by atoms with Crippen LogP contribution >= 0.6 is 0 Å². The highest BCUT2D eigenvalue weighted by Crippen LogP contribution is 2.58. The van der Waals surface area contributed by atoms with Gasteiger partial charge in [-0.15, -0.1) is 0 Å². The van der Waals surface area contributed by atoms with Crippen LogP contribution in [-0.2, 0) is 14.4 Å². The number of amides is 2. The van der Waals surface area contributed by atoms with Crippen LogP contribution in [0.3, 0.4) is 0 Å². The quantitative estimate of drug-likeness (QED) is 0.206. The lowest BCUT2D eigenvalue weighted by molar-refractivity contribution is -0.132. The summed E-state index contributed by atoms with van der Waals surface area (Å²) in [4.78, 5) is 40.0. The molecule has 1 saturated heterocycles. The Labute approximate surface area is 216 Å². The molecule has 37 heavy (non-hydrogen) atoms. The molecule has 5 heteroatoms. The Bertz CT molecular complexity index is 1400. The van der Waals surface area contributed by atoms with Gasteiger partial charge in [0.2, 0.25) is 11.8 Å². The number of allylic oxidation sites excluding steroid dienone is 3. The van der Waals surface area contributed by atoms with Crippen LogP contribution in [0.15, 0.2) is 90.5 Å². The van der Waals surface area contributed by atoms with Gasteiger partial charge in [0.25, 0.3) is 0 Å². The van der Waals surface area contributed by atoms with E-state index in [4.69, 9.17) is 4.74 Å². The number of imide groups is 1. The highest BCUT2D eigenvalue weighted by atomic mass is 16.5. The SMILES string of the molecule is CC(=O)Oc1ccc(N2C(=O)[C@@H]3[C@@H](C2=O)[C@H]2C=C[C@H]3C2=C(c2ccc(C)cc2)c2ccc(C)cc2)cc1. The molecule has 0 spiro atoms. The van der Waals surface area contributed by atoms with Gasteiger partial charge in [-0.05, 0) is 60.4 Å². The lowest BCUT2D eigenvalue weighted by atomic mass is 9.85. The molecular formula is C32H27NO4. The molecule has 2 amide bonds. The fourth-order valence-electron chi connectivity index (χ4n) is 6.12. The molecule has 4 atom stereocenters. The molecular weight excluding hydrogens is 462 g/mol. The van der Waals surface area contributed by atoms with E-state index in [1.54, 1.807) is 24.3 Å². The van der Waals surface area contributed by atoms with E-state index in [9.17, 15) is 14.4 Å². The van der Waals surface area contributed by atoms with Gasteiger partial charge < -0.3 is 4.74 Å². The Kier molecular flexibility index (Phi) is 5.45. The summed E-state index contributed by atoms with van der Waals surface area (Å²) in [5, 5.41) is 0. The van der Waals surface area contributed by atoms with Gasteiger partial charge in [-0.3, -0.25) is 14.4 Å². The summed E-state index contributed by atoms with van der Waals surface area (Å²) < 4.78 is 5.10. The number of esters is 1. The first-order chi connectivity index (χ1) is 17.8. The molecule has 0 N–H and O–H groups in total. The summed E-state index contributed by atoms with van der Waals surface area (Å²) in [7, 11) is 0. The molecule has 0 unspecified atom stereocenters. The summed E-state index contributed by atoms with van der Waals surface area (Å²) in [6.07, 6.45) is 4.23. The second-order valence-corrected chi connectivity index (χ2v) is 10.1. The van der Waals surface area contributed by atoms with E-state index >= 15 is 0 Å². The summed E-state index contributed by atoms with van der Waals surface area (Å²) in [6, 6.07) is 23.5.